The van der Waals surface area contributed by atoms with Gasteiger partial charge in [-0.25, -0.2) is 15.0 Å². The van der Waals surface area contributed by atoms with Gasteiger partial charge < -0.3 is 4.57 Å². The first-order valence-electron chi connectivity index (χ1n) is 23.4. The van der Waals surface area contributed by atoms with Gasteiger partial charge in [0.05, 0.1) is 33.6 Å². The van der Waals surface area contributed by atoms with Crippen LogP contribution in [0.2, 0.25) is 0 Å². The molecule has 3 heterocycles. The van der Waals surface area contributed by atoms with Gasteiger partial charge in [-0.15, -0.1) is 0 Å². The van der Waals surface area contributed by atoms with Crippen molar-refractivity contribution in [1.29, 1.82) is 0 Å². The van der Waals surface area contributed by atoms with Crippen molar-refractivity contribution in [1.82, 2.24) is 19.5 Å². The molecule has 0 fully saturated rings. The van der Waals surface area contributed by atoms with E-state index in [4.69, 9.17) is 15.0 Å². The third kappa shape index (κ3) is 7.06. The lowest BCUT2D eigenvalue weighted by atomic mass is 9.90. The maximum Gasteiger partial charge on any atom is 0.160 e. The van der Waals surface area contributed by atoms with Crippen LogP contribution in [0, 0.1) is 0 Å². The van der Waals surface area contributed by atoms with Gasteiger partial charge in [-0.1, -0.05) is 212 Å². The van der Waals surface area contributed by atoms with Crippen LogP contribution in [0.1, 0.15) is 0 Å². The fourth-order valence-electron chi connectivity index (χ4n) is 10.2. The molecule has 4 nitrogen and oxygen atoms in total. The first-order chi connectivity index (χ1) is 34.2. The monoisotopic (exact) mass is 878 g/mol. The first kappa shape index (κ1) is 40.1. The Bertz CT molecular complexity index is 3930. The van der Waals surface area contributed by atoms with Crippen molar-refractivity contribution in [2.45, 2.75) is 0 Å². The summed E-state index contributed by atoms with van der Waals surface area (Å²) in [6.07, 6.45) is 0. The molecule has 0 unspecified atom stereocenters. The van der Waals surface area contributed by atoms with Gasteiger partial charge in [-0.05, 0) is 70.3 Å². The summed E-state index contributed by atoms with van der Waals surface area (Å²) in [4.78, 5) is 16.4. The number of aromatic nitrogens is 4. The van der Waals surface area contributed by atoms with E-state index in [-0.39, 0.29) is 0 Å². The number of hydrogen-bond acceptors (Lipinski definition) is 3. The standard InChI is InChI=1S/C65H42N4/c1-5-19-43(20-6-1)48-25-17-27-50(41-48)63-59(64(68-65(67-63)47-23-9-3-10-24-47)51-28-18-26-49(42-51)44-21-7-2-8-22-44)45-35-37-46(38-36-45)62-55-39-40-58-61(60(55)53-31-13-15-33-56(53)66-62)54-32-14-16-34-57(54)69(58)52-29-11-4-12-30-52/h1-42H. The lowest BCUT2D eigenvalue weighted by Gasteiger charge is -2.18. The summed E-state index contributed by atoms with van der Waals surface area (Å²) in [6.45, 7) is 0. The van der Waals surface area contributed by atoms with Crippen molar-refractivity contribution >= 4 is 43.5 Å². The van der Waals surface area contributed by atoms with Gasteiger partial charge in [0, 0.05) is 60.4 Å². The molecule has 0 bridgehead atoms. The maximum atomic E-state index is 5.50. The Morgan fingerprint density at radius 2 is 0.754 bits per heavy atom. The molecule has 0 aliphatic carbocycles. The predicted molar refractivity (Wildman–Crippen MR) is 287 cm³/mol. The number of hydrogen-bond donors (Lipinski definition) is 0. The highest BCUT2D eigenvalue weighted by Crippen LogP contribution is 2.45. The molecule has 0 N–H and O–H groups in total. The van der Waals surface area contributed by atoms with Crippen LogP contribution in [0.25, 0.3) is 128 Å². The van der Waals surface area contributed by atoms with Gasteiger partial charge in [0.2, 0.25) is 0 Å². The molecule has 0 spiro atoms. The highest BCUT2D eigenvalue weighted by atomic mass is 15.0. The SMILES string of the molecule is c1ccc(-c2cccc(-c3nc(-c4ccccc4)nc(-c4cccc(-c5ccccc5)c4)c3-c3ccc(-c4nc5ccccc5c5c4ccc4c5c5ccccc5n4-c4ccccc4)cc3)c2)cc1. The average Bonchev–Trinajstić information content (AvgIpc) is 3.78. The van der Waals surface area contributed by atoms with E-state index in [0.29, 0.717) is 5.82 Å². The molecule has 0 atom stereocenters. The van der Waals surface area contributed by atoms with Gasteiger partial charge in [0.25, 0.3) is 0 Å². The molecular weight excluding hydrogens is 837 g/mol. The van der Waals surface area contributed by atoms with Crippen molar-refractivity contribution in [2.75, 3.05) is 0 Å². The largest absolute Gasteiger partial charge is 0.309 e. The molecular formula is C65H42N4. The normalized spacial score (nSPS) is 11.5. The second-order valence-corrected chi connectivity index (χ2v) is 17.5. The number of rotatable bonds is 8. The molecule has 3 aromatic heterocycles. The number of para-hydroxylation sites is 3. The number of fused-ring (bicyclic) bond motifs is 7. The summed E-state index contributed by atoms with van der Waals surface area (Å²) in [5.74, 6) is 0.669. The van der Waals surface area contributed by atoms with Crippen LogP contribution < -0.4 is 0 Å². The van der Waals surface area contributed by atoms with Gasteiger partial charge in [-0.3, -0.25) is 0 Å². The Labute approximate surface area is 400 Å². The van der Waals surface area contributed by atoms with E-state index in [2.05, 4.69) is 241 Å². The van der Waals surface area contributed by atoms with Crippen molar-refractivity contribution < 1.29 is 0 Å². The number of nitrogens with zero attached hydrogens (tertiary/aromatic N) is 4. The van der Waals surface area contributed by atoms with Crippen molar-refractivity contribution in [3.8, 4) is 84.2 Å². The lowest BCUT2D eigenvalue weighted by molar-refractivity contribution is 1.18. The lowest BCUT2D eigenvalue weighted by Crippen LogP contribution is -2.01. The van der Waals surface area contributed by atoms with Crippen LogP contribution in [-0.2, 0) is 0 Å². The Balaban J connectivity index is 1.05. The van der Waals surface area contributed by atoms with E-state index in [1.54, 1.807) is 0 Å². The van der Waals surface area contributed by atoms with Crippen molar-refractivity contribution in [3.05, 3.63) is 255 Å². The molecule has 10 aromatic carbocycles. The molecule has 69 heavy (non-hydrogen) atoms. The molecule has 4 heteroatoms. The summed E-state index contributed by atoms with van der Waals surface area (Å²) >= 11 is 0. The minimum Gasteiger partial charge on any atom is -0.309 e. The van der Waals surface area contributed by atoms with Crippen LogP contribution in [0.4, 0.5) is 0 Å². The van der Waals surface area contributed by atoms with Crippen LogP contribution in [-0.4, -0.2) is 19.5 Å². The third-order valence-corrected chi connectivity index (χ3v) is 13.4. The molecule has 13 rings (SSSR count). The summed E-state index contributed by atoms with van der Waals surface area (Å²) in [7, 11) is 0. The zero-order valence-corrected chi connectivity index (χ0v) is 37.5. The second kappa shape index (κ2) is 16.9. The zero-order valence-electron chi connectivity index (χ0n) is 37.5. The molecule has 0 aliphatic rings. The van der Waals surface area contributed by atoms with E-state index in [1.807, 2.05) is 18.2 Å². The number of benzene rings is 10. The Kier molecular flexibility index (Phi) is 9.80. The van der Waals surface area contributed by atoms with Crippen LogP contribution in [0.5, 0.6) is 0 Å². The Hall–Kier alpha value is -9.25. The Morgan fingerprint density at radius 1 is 0.261 bits per heavy atom. The van der Waals surface area contributed by atoms with Gasteiger partial charge in [0.1, 0.15) is 0 Å². The van der Waals surface area contributed by atoms with E-state index in [9.17, 15) is 0 Å². The summed E-state index contributed by atoms with van der Waals surface area (Å²) in [6, 6.07) is 90.3. The maximum absolute atomic E-state index is 5.50. The van der Waals surface area contributed by atoms with E-state index in [0.717, 1.165) is 94.7 Å². The van der Waals surface area contributed by atoms with Crippen LogP contribution in [0.15, 0.2) is 255 Å². The molecule has 0 amide bonds. The first-order valence-corrected chi connectivity index (χ1v) is 23.4. The minimum absolute atomic E-state index is 0.669. The van der Waals surface area contributed by atoms with Crippen molar-refractivity contribution in [3.63, 3.8) is 0 Å². The van der Waals surface area contributed by atoms with Crippen molar-refractivity contribution in [2.24, 2.45) is 0 Å². The van der Waals surface area contributed by atoms with Gasteiger partial charge >= 0.3 is 0 Å². The third-order valence-electron chi connectivity index (χ3n) is 13.4. The van der Waals surface area contributed by atoms with E-state index < -0.39 is 0 Å². The second-order valence-electron chi connectivity index (χ2n) is 17.5. The molecule has 322 valence electrons. The fourth-order valence-corrected chi connectivity index (χ4v) is 10.2. The summed E-state index contributed by atoms with van der Waals surface area (Å²) in [5.41, 5.74) is 17.6. The van der Waals surface area contributed by atoms with E-state index in [1.165, 1.54) is 27.2 Å². The van der Waals surface area contributed by atoms with Crippen LogP contribution >= 0.6 is 0 Å². The average molecular weight is 879 g/mol. The molecule has 0 saturated heterocycles. The summed E-state index contributed by atoms with van der Waals surface area (Å²) < 4.78 is 2.39. The topological polar surface area (TPSA) is 43.6 Å². The quantitative estimate of drug-likeness (QED) is 0.143. The highest BCUT2D eigenvalue weighted by molar-refractivity contribution is 6.29. The fraction of sp³-hybridized carbons (Fsp3) is 0. The molecule has 0 radical (unpaired) electrons. The van der Waals surface area contributed by atoms with Gasteiger partial charge in [-0.2, -0.15) is 0 Å². The van der Waals surface area contributed by atoms with Gasteiger partial charge in [0.15, 0.2) is 5.82 Å². The smallest absolute Gasteiger partial charge is 0.160 e. The molecule has 13 aromatic rings. The van der Waals surface area contributed by atoms with E-state index >= 15 is 0 Å². The number of pyridine rings is 1. The highest BCUT2D eigenvalue weighted by Gasteiger charge is 2.23. The zero-order chi connectivity index (χ0) is 45.7. The van der Waals surface area contributed by atoms with Crippen LogP contribution in [0.3, 0.4) is 0 Å². The summed E-state index contributed by atoms with van der Waals surface area (Å²) in [5, 5.41) is 5.89. The molecule has 0 saturated carbocycles. The minimum atomic E-state index is 0.669. The predicted octanol–water partition coefficient (Wildman–Crippen LogP) is 16.9. The molecule has 0 aliphatic heterocycles. The Morgan fingerprint density at radius 3 is 1.38 bits per heavy atom.